The van der Waals surface area contributed by atoms with Gasteiger partial charge < -0.3 is 14.2 Å². The maximum atomic E-state index is 12.8. The minimum Gasteiger partial charge on any atom is -0.493 e. The highest BCUT2D eigenvalue weighted by molar-refractivity contribution is 6.07. The molecule has 0 atom stereocenters. The van der Waals surface area contributed by atoms with Gasteiger partial charge in [0, 0.05) is 17.2 Å². The predicted molar refractivity (Wildman–Crippen MR) is 142 cm³/mol. The number of allylic oxidation sites excluding steroid dienone is 1. The zero-order valence-corrected chi connectivity index (χ0v) is 22.7. The summed E-state index contributed by atoms with van der Waals surface area (Å²) in [6, 6.07) is 10.1. The van der Waals surface area contributed by atoms with Gasteiger partial charge in [0.15, 0.2) is 5.78 Å². The van der Waals surface area contributed by atoms with Crippen LogP contribution in [-0.2, 0) is 16.0 Å². The summed E-state index contributed by atoms with van der Waals surface area (Å²) in [6.45, 7) is 15.1. The molecule has 0 aliphatic carbocycles. The first kappa shape index (κ1) is 28.8. The van der Waals surface area contributed by atoms with E-state index in [9.17, 15) is 14.4 Å². The van der Waals surface area contributed by atoms with E-state index in [0.29, 0.717) is 35.8 Å². The molecule has 6 heteroatoms. The fourth-order valence-corrected chi connectivity index (χ4v) is 3.06. The molecule has 2 aromatic carbocycles. The average molecular weight is 495 g/mol. The number of benzene rings is 2. The number of rotatable bonds is 9. The Morgan fingerprint density at radius 2 is 1.39 bits per heavy atom. The minimum absolute atomic E-state index is 0.202. The maximum absolute atomic E-state index is 12.8. The van der Waals surface area contributed by atoms with Crippen LogP contribution in [0.15, 0.2) is 42.5 Å². The van der Waals surface area contributed by atoms with Gasteiger partial charge in [-0.2, -0.15) is 0 Å². The molecule has 0 unspecified atom stereocenters. The van der Waals surface area contributed by atoms with Gasteiger partial charge >= 0.3 is 11.9 Å². The SMILES string of the molecule is CCCc1cc(/C=C/C(=O)c2ccc(OC(=O)C(C)(C)C)cc2)c(OCC)cc1OC(=O)C(C)(C)C. The standard InChI is InChI=1S/C30H38O6/c1-9-11-21-18-22(25(34-10-2)19-26(21)36-28(33)30(6,7)8)14-17-24(31)20-12-15-23(16-13-20)35-27(32)29(3,4)5/h12-19H,9-11H2,1-8H3/b17-14+. The molecule has 0 fully saturated rings. The number of carbonyl (C=O) groups excluding carboxylic acids is 3. The van der Waals surface area contributed by atoms with Crippen molar-refractivity contribution in [1.29, 1.82) is 0 Å². The molecule has 0 spiro atoms. The molecule has 6 nitrogen and oxygen atoms in total. The van der Waals surface area contributed by atoms with Crippen LogP contribution < -0.4 is 14.2 Å². The zero-order chi connectivity index (χ0) is 27.1. The molecule has 0 amide bonds. The van der Waals surface area contributed by atoms with Crippen molar-refractivity contribution in [2.45, 2.75) is 68.2 Å². The molecule has 0 saturated heterocycles. The van der Waals surface area contributed by atoms with E-state index in [-0.39, 0.29) is 17.7 Å². The van der Waals surface area contributed by atoms with Crippen molar-refractivity contribution in [3.8, 4) is 17.2 Å². The molecule has 0 radical (unpaired) electrons. The maximum Gasteiger partial charge on any atom is 0.316 e. The fourth-order valence-electron chi connectivity index (χ4n) is 3.06. The lowest BCUT2D eigenvalue weighted by Gasteiger charge is -2.19. The molecule has 0 aromatic heterocycles. The number of aryl methyl sites for hydroxylation is 1. The quantitative estimate of drug-likeness (QED) is 0.164. The van der Waals surface area contributed by atoms with Gasteiger partial charge in [0.25, 0.3) is 0 Å². The van der Waals surface area contributed by atoms with Crippen LogP contribution >= 0.6 is 0 Å². The molecule has 2 rings (SSSR count). The van der Waals surface area contributed by atoms with E-state index in [1.807, 2.05) is 40.7 Å². The van der Waals surface area contributed by atoms with Crippen LogP contribution in [0.25, 0.3) is 6.08 Å². The Labute approximate surface area is 214 Å². The van der Waals surface area contributed by atoms with E-state index in [1.165, 1.54) is 6.08 Å². The van der Waals surface area contributed by atoms with Crippen molar-refractivity contribution in [2.75, 3.05) is 6.61 Å². The van der Waals surface area contributed by atoms with Crippen LogP contribution in [0.5, 0.6) is 17.2 Å². The van der Waals surface area contributed by atoms with E-state index in [0.717, 1.165) is 17.5 Å². The van der Waals surface area contributed by atoms with Gasteiger partial charge in [-0.1, -0.05) is 13.3 Å². The van der Waals surface area contributed by atoms with Crippen molar-refractivity contribution >= 4 is 23.8 Å². The second-order valence-electron chi connectivity index (χ2n) is 10.7. The summed E-state index contributed by atoms with van der Waals surface area (Å²) in [6.07, 6.45) is 4.75. The zero-order valence-electron chi connectivity index (χ0n) is 22.7. The van der Waals surface area contributed by atoms with Gasteiger partial charge in [-0.15, -0.1) is 0 Å². The lowest BCUT2D eigenvalue weighted by Crippen LogP contribution is -2.26. The first-order chi connectivity index (χ1) is 16.8. The van der Waals surface area contributed by atoms with Gasteiger partial charge in [-0.05, 0) is 103 Å². The summed E-state index contributed by atoms with van der Waals surface area (Å²) in [5.41, 5.74) is 0.799. The Bertz CT molecular complexity index is 1110. The first-order valence-corrected chi connectivity index (χ1v) is 12.3. The number of hydrogen-bond acceptors (Lipinski definition) is 6. The summed E-state index contributed by atoms with van der Waals surface area (Å²) in [4.78, 5) is 37.4. The van der Waals surface area contributed by atoms with Crippen molar-refractivity contribution < 1.29 is 28.6 Å². The number of ketones is 1. The van der Waals surface area contributed by atoms with Gasteiger partial charge in [-0.25, -0.2) is 0 Å². The molecule has 0 aliphatic heterocycles. The first-order valence-electron chi connectivity index (χ1n) is 12.3. The highest BCUT2D eigenvalue weighted by Gasteiger charge is 2.25. The van der Waals surface area contributed by atoms with Crippen LogP contribution in [0.1, 0.15) is 83.3 Å². The van der Waals surface area contributed by atoms with Gasteiger partial charge in [0.2, 0.25) is 0 Å². The predicted octanol–water partition coefficient (Wildman–Crippen LogP) is 6.84. The summed E-state index contributed by atoms with van der Waals surface area (Å²) in [5.74, 6) is 0.526. The Morgan fingerprint density at radius 1 is 0.806 bits per heavy atom. The second-order valence-corrected chi connectivity index (χ2v) is 10.7. The van der Waals surface area contributed by atoms with Crippen LogP contribution in [0.4, 0.5) is 0 Å². The lowest BCUT2D eigenvalue weighted by atomic mass is 9.97. The van der Waals surface area contributed by atoms with E-state index in [1.54, 1.807) is 57.2 Å². The third kappa shape index (κ3) is 8.08. The molecule has 194 valence electrons. The topological polar surface area (TPSA) is 78.9 Å². The van der Waals surface area contributed by atoms with E-state index in [4.69, 9.17) is 14.2 Å². The van der Waals surface area contributed by atoms with E-state index in [2.05, 4.69) is 0 Å². The Morgan fingerprint density at radius 3 is 1.92 bits per heavy atom. The molecule has 0 N–H and O–H groups in total. The average Bonchev–Trinajstić information content (AvgIpc) is 2.79. The summed E-state index contributed by atoms with van der Waals surface area (Å²) in [5, 5.41) is 0. The monoisotopic (exact) mass is 494 g/mol. The normalized spacial score (nSPS) is 11.9. The molecular weight excluding hydrogens is 456 g/mol. The molecule has 0 aliphatic rings. The van der Waals surface area contributed by atoms with Crippen LogP contribution in [0.3, 0.4) is 0 Å². The molecule has 2 aromatic rings. The lowest BCUT2D eigenvalue weighted by molar-refractivity contribution is -0.143. The highest BCUT2D eigenvalue weighted by atomic mass is 16.5. The minimum atomic E-state index is -0.638. The van der Waals surface area contributed by atoms with Crippen molar-refractivity contribution in [3.63, 3.8) is 0 Å². The van der Waals surface area contributed by atoms with Gasteiger partial charge in [-0.3, -0.25) is 14.4 Å². The Balaban J connectivity index is 2.30. The smallest absolute Gasteiger partial charge is 0.316 e. The number of esters is 2. The molecule has 0 saturated carbocycles. The highest BCUT2D eigenvalue weighted by Crippen LogP contribution is 2.33. The third-order valence-electron chi connectivity index (χ3n) is 5.20. The number of hydrogen-bond donors (Lipinski definition) is 0. The summed E-state index contributed by atoms with van der Waals surface area (Å²) < 4.78 is 16.9. The number of ether oxygens (including phenoxy) is 3. The summed E-state index contributed by atoms with van der Waals surface area (Å²) in [7, 11) is 0. The molecule has 0 bridgehead atoms. The van der Waals surface area contributed by atoms with Gasteiger partial charge in [0.1, 0.15) is 17.2 Å². The van der Waals surface area contributed by atoms with Crippen molar-refractivity contribution in [2.24, 2.45) is 10.8 Å². The van der Waals surface area contributed by atoms with Crippen LogP contribution in [0, 0.1) is 10.8 Å². The second kappa shape index (κ2) is 12.0. The van der Waals surface area contributed by atoms with Crippen LogP contribution in [-0.4, -0.2) is 24.3 Å². The fraction of sp³-hybridized carbons (Fsp3) is 0.433. The van der Waals surface area contributed by atoms with Crippen LogP contribution in [0.2, 0.25) is 0 Å². The summed E-state index contributed by atoms with van der Waals surface area (Å²) >= 11 is 0. The van der Waals surface area contributed by atoms with E-state index < -0.39 is 10.8 Å². The molecule has 36 heavy (non-hydrogen) atoms. The van der Waals surface area contributed by atoms with Crippen molar-refractivity contribution in [1.82, 2.24) is 0 Å². The molecular formula is C30H38O6. The van der Waals surface area contributed by atoms with E-state index >= 15 is 0 Å². The Kier molecular flexibility index (Phi) is 9.62. The van der Waals surface area contributed by atoms with Gasteiger partial charge in [0.05, 0.1) is 17.4 Å². The molecule has 0 heterocycles. The largest absolute Gasteiger partial charge is 0.493 e. The third-order valence-corrected chi connectivity index (χ3v) is 5.20. The number of carbonyl (C=O) groups is 3. The van der Waals surface area contributed by atoms with Crippen molar-refractivity contribution in [3.05, 3.63) is 59.2 Å². The Hall–Kier alpha value is -3.41.